The summed E-state index contributed by atoms with van der Waals surface area (Å²) in [4.78, 5) is 0. The van der Waals surface area contributed by atoms with Gasteiger partial charge in [-0.2, -0.15) is 0 Å². The minimum Gasteiger partial charge on any atom is -0.373 e. The minimum absolute atomic E-state index is 0.355. The molecular formula is C23H37NO. The van der Waals surface area contributed by atoms with Crippen LogP contribution in [0.25, 0.3) is 0 Å². The van der Waals surface area contributed by atoms with E-state index in [-0.39, 0.29) is 0 Å². The van der Waals surface area contributed by atoms with Crippen LogP contribution < -0.4 is 5.32 Å². The quantitative estimate of drug-likeness (QED) is 0.566. The van der Waals surface area contributed by atoms with Gasteiger partial charge in [-0.1, -0.05) is 37.6 Å². The molecule has 0 saturated heterocycles. The first-order valence-electron chi connectivity index (χ1n) is 10.6. The number of hydrogen-bond acceptors (Lipinski definition) is 2. The van der Waals surface area contributed by atoms with E-state index in [2.05, 4.69) is 31.8 Å². The van der Waals surface area contributed by atoms with E-state index in [1.54, 1.807) is 11.1 Å². The van der Waals surface area contributed by atoms with Crippen molar-refractivity contribution < 1.29 is 4.74 Å². The SMILES string of the molecule is C=C1CCC2C3CCC4=C[C@@H](OCCNC)CC[C@]4(C)C3CC[C@]12C. The molecule has 2 heteroatoms. The third kappa shape index (κ3) is 2.75. The average molecular weight is 344 g/mol. The zero-order chi connectivity index (χ0) is 17.7. The molecule has 0 spiro atoms. The van der Waals surface area contributed by atoms with Crippen LogP contribution in [0.3, 0.4) is 0 Å². The second kappa shape index (κ2) is 6.53. The van der Waals surface area contributed by atoms with Gasteiger partial charge >= 0.3 is 0 Å². The molecule has 6 atom stereocenters. The van der Waals surface area contributed by atoms with Crippen LogP contribution in [0.4, 0.5) is 0 Å². The fourth-order valence-corrected chi connectivity index (χ4v) is 7.05. The van der Waals surface area contributed by atoms with Crippen molar-refractivity contribution in [3.63, 3.8) is 0 Å². The first kappa shape index (κ1) is 17.8. The summed E-state index contributed by atoms with van der Waals surface area (Å²) < 4.78 is 6.10. The van der Waals surface area contributed by atoms with Crippen LogP contribution in [-0.4, -0.2) is 26.3 Å². The highest BCUT2D eigenvalue weighted by atomic mass is 16.5. The van der Waals surface area contributed by atoms with E-state index in [0.29, 0.717) is 16.9 Å². The molecule has 3 saturated carbocycles. The zero-order valence-electron chi connectivity index (χ0n) is 16.6. The molecule has 3 fully saturated rings. The number of fused-ring (bicyclic) bond motifs is 5. The molecule has 1 N–H and O–H groups in total. The fourth-order valence-electron chi connectivity index (χ4n) is 7.05. The van der Waals surface area contributed by atoms with E-state index in [9.17, 15) is 0 Å². The summed E-state index contributed by atoms with van der Waals surface area (Å²) in [5.74, 6) is 2.73. The van der Waals surface area contributed by atoms with Gasteiger partial charge in [-0.05, 0) is 87.0 Å². The van der Waals surface area contributed by atoms with Crippen LogP contribution in [0, 0.1) is 28.6 Å². The molecule has 0 amide bonds. The van der Waals surface area contributed by atoms with Crippen molar-refractivity contribution in [2.24, 2.45) is 28.6 Å². The highest BCUT2D eigenvalue weighted by molar-refractivity contribution is 5.28. The predicted octanol–water partition coefficient (Wildman–Crippen LogP) is 5.11. The molecule has 0 bridgehead atoms. The summed E-state index contributed by atoms with van der Waals surface area (Å²) in [5.41, 5.74) is 4.18. The van der Waals surface area contributed by atoms with Crippen LogP contribution >= 0.6 is 0 Å². The molecule has 140 valence electrons. The van der Waals surface area contributed by atoms with Gasteiger partial charge in [0.05, 0.1) is 12.7 Å². The molecule has 0 heterocycles. The van der Waals surface area contributed by atoms with Gasteiger partial charge in [0.2, 0.25) is 0 Å². The number of hydrogen-bond donors (Lipinski definition) is 1. The maximum atomic E-state index is 6.10. The monoisotopic (exact) mass is 343 g/mol. The molecular weight excluding hydrogens is 306 g/mol. The lowest BCUT2D eigenvalue weighted by Crippen LogP contribution is -2.49. The Morgan fingerprint density at radius 1 is 1.08 bits per heavy atom. The average Bonchev–Trinajstić information content (AvgIpc) is 2.90. The van der Waals surface area contributed by atoms with E-state index in [1.165, 1.54) is 51.4 Å². The normalized spacial score (nSPS) is 46.2. The van der Waals surface area contributed by atoms with Crippen LogP contribution in [0.1, 0.15) is 65.2 Å². The summed E-state index contributed by atoms with van der Waals surface area (Å²) >= 11 is 0. The Labute approximate surface area is 154 Å². The smallest absolute Gasteiger partial charge is 0.0759 e. The van der Waals surface area contributed by atoms with E-state index >= 15 is 0 Å². The Bertz CT molecular complexity index is 566. The Morgan fingerprint density at radius 3 is 2.64 bits per heavy atom. The van der Waals surface area contributed by atoms with Gasteiger partial charge in [-0.3, -0.25) is 0 Å². The zero-order valence-corrected chi connectivity index (χ0v) is 16.6. The number of allylic oxidation sites excluding steroid dienone is 2. The number of ether oxygens (including phenoxy) is 1. The van der Waals surface area contributed by atoms with Crippen molar-refractivity contribution in [2.75, 3.05) is 20.2 Å². The maximum absolute atomic E-state index is 6.10. The van der Waals surface area contributed by atoms with Crippen molar-refractivity contribution in [3.05, 3.63) is 23.8 Å². The van der Waals surface area contributed by atoms with Crippen LogP contribution in [0.15, 0.2) is 23.8 Å². The largest absolute Gasteiger partial charge is 0.373 e. The van der Waals surface area contributed by atoms with E-state index in [1.807, 2.05) is 7.05 Å². The first-order chi connectivity index (χ1) is 12.0. The Hall–Kier alpha value is -0.600. The molecule has 0 aromatic heterocycles. The summed E-state index contributed by atoms with van der Waals surface area (Å²) in [6.07, 6.45) is 13.6. The van der Waals surface area contributed by atoms with Gasteiger partial charge < -0.3 is 10.1 Å². The third-order valence-electron chi connectivity index (χ3n) is 8.71. The second-order valence-electron chi connectivity index (χ2n) is 9.67. The highest BCUT2D eigenvalue weighted by Crippen LogP contribution is 2.66. The van der Waals surface area contributed by atoms with Gasteiger partial charge in [0.1, 0.15) is 0 Å². The topological polar surface area (TPSA) is 21.3 Å². The third-order valence-corrected chi connectivity index (χ3v) is 8.71. The summed E-state index contributed by atoms with van der Waals surface area (Å²) in [6, 6.07) is 0. The molecule has 4 aliphatic carbocycles. The van der Waals surface area contributed by atoms with Crippen LogP contribution in [0.2, 0.25) is 0 Å². The van der Waals surface area contributed by atoms with E-state index < -0.39 is 0 Å². The van der Waals surface area contributed by atoms with Gasteiger partial charge in [0, 0.05) is 6.54 Å². The molecule has 2 nitrogen and oxygen atoms in total. The van der Waals surface area contributed by atoms with Crippen molar-refractivity contribution in [3.8, 4) is 0 Å². The molecule has 4 rings (SSSR count). The predicted molar refractivity (Wildman–Crippen MR) is 105 cm³/mol. The number of likely N-dealkylation sites (N-methyl/N-ethyl adjacent to an activating group) is 1. The highest BCUT2D eigenvalue weighted by Gasteiger charge is 2.57. The fraction of sp³-hybridized carbons (Fsp3) is 0.826. The molecule has 0 aliphatic heterocycles. The van der Waals surface area contributed by atoms with Gasteiger partial charge in [-0.15, -0.1) is 0 Å². The maximum Gasteiger partial charge on any atom is 0.0759 e. The minimum atomic E-state index is 0.355. The summed E-state index contributed by atoms with van der Waals surface area (Å²) in [6.45, 7) is 11.4. The molecule has 0 aromatic rings. The van der Waals surface area contributed by atoms with E-state index in [0.717, 1.165) is 30.9 Å². The summed E-state index contributed by atoms with van der Waals surface area (Å²) in [5, 5.41) is 3.18. The number of rotatable bonds is 4. The lowest BCUT2D eigenvalue weighted by Gasteiger charge is -2.58. The molecule has 4 aliphatic rings. The molecule has 25 heavy (non-hydrogen) atoms. The lowest BCUT2D eigenvalue weighted by atomic mass is 9.47. The van der Waals surface area contributed by atoms with Gasteiger partial charge in [0.15, 0.2) is 0 Å². The number of nitrogens with one attached hydrogen (secondary N) is 1. The van der Waals surface area contributed by atoms with Crippen molar-refractivity contribution in [1.29, 1.82) is 0 Å². The standard InChI is InChI=1S/C23H37NO/c1-16-5-8-20-19-7-6-17-15-18(25-14-13-24-4)9-11-23(17,3)21(19)10-12-22(16,20)2/h15,18-21,24H,1,5-14H2,2-4H3/t18-,19?,20?,21?,22+,23-/m0/s1. The Kier molecular flexibility index (Phi) is 4.65. The van der Waals surface area contributed by atoms with Crippen molar-refractivity contribution >= 4 is 0 Å². The first-order valence-corrected chi connectivity index (χ1v) is 10.6. The van der Waals surface area contributed by atoms with E-state index in [4.69, 9.17) is 4.74 Å². The Morgan fingerprint density at radius 2 is 1.84 bits per heavy atom. The molecule has 3 unspecified atom stereocenters. The van der Waals surface area contributed by atoms with Crippen molar-refractivity contribution in [1.82, 2.24) is 5.32 Å². The van der Waals surface area contributed by atoms with Gasteiger partial charge in [-0.25, -0.2) is 0 Å². The van der Waals surface area contributed by atoms with Crippen LogP contribution in [0.5, 0.6) is 0 Å². The molecule has 0 aromatic carbocycles. The van der Waals surface area contributed by atoms with Crippen LogP contribution in [-0.2, 0) is 4.74 Å². The summed E-state index contributed by atoms with van der Waals surface area (Å²) in [7, 11) is 2.00. The van der Waals surface area contributed by atoms with Crippen molar-refractivity contribution in [2.45, 2.75) is 71.3 Å². The lowest BCUT2D eigenvalue weighted by molar-refractivity contribution is -0.0365. The molecule has 0 radical (unpaired) electrons. The second-order valence-corrected chi connectivity index (χ2v) is 9.67. The van der Waals surface area contributed by atoms with Gasteiger partial charge in [0.25, 0.3) is 0 Å². The Balaban J connectivity index is 1.53.